The third-order valence-corrected chi connectivity index (χ3v) is 7.62. The zero-order valence-electron chi connectivity index (χ0n) is 25.3. The number of ether oxygens (including phenoxy) is 4. The molecule has 4 aromatic carbocycles. The van der Waals surface area contributed by atoms with Gasteiger partial charge in [-0.15, -0.1) is 0 Å². The summed E-state index contributed by atoms with van der Waals surface area (Å²) in [4.78, 5) is 36.2. The van der Waals surface area contributed by atoms with Crippen molar-refractivity contribution < 1.29 is 33.3 Å². The number of esters is 2. The van der Waals surface area contributed by atoms with Crippen molar-refractivity contribution in [1.82, 2.24) is 0 Å². The molecule has 0 saturated carbocycles. The van der Waals surface area contributed by atoms with Gasteiger partial charge < -0.3 is 18.9 Å². The molecule has 0 aliphatic rings. The Labute approximate surface area is 296 Å². The summed E-state index contributed by atoms with van der Waals surface area (Å²) in [5.41, 5.74) is 4.81. The monoisotopic (exact) mass is 676 g/mol. The van der Waals surface area contributed by atoms with Gasteiger partial charge in [-0.3, -0.25) is 9.59 Å². The summed E-state index contributed by atoms with van der Waals surface area (Å²) in [6.45, 7) is 10.4. The molecule has 0 fully saturated rings. The summed E-state index contributed by atoms with van der Waals surface area (Å²) in [6, 6.07) is 30.0. The van der Waals surface area contributed by atoms with Crippen molar-refractivity contribution in [1.29, 1.82) is 0 Å². The van der Waals surface area contributed by atoms with E-state index in [2.05, 4.69) is 63.6 Å². The second-order valence-corrected chi connectivity index (χ2v) is 11.4. The van der Waals surface area contributed by atoms with Crippen molar-refractivity contribution in [3.8, 4) is 17.2 Å². The van der Waals surface area contributed by atoms with Crippen LogP contribution in [0, 0.1) is 6.92 Å². The number of aryl methyl sites for hydroxylation is 1. The molecule has 0 spiro atoms. The number of carbonyl (C=O) groups is 3. The van der Waals surface area contributed by atoms with Crippen LogP contribution in [-0.2, 0) is 25.2 Å². The lowest BCUT2D eigenvalue weighted by molar-refractivity contribution is -0.144. The minimum absolute atomic E-state index is 0. The summed E-state index contributed by atoms with van der Waals surface area (Å²) in [5, 5.41) is 0. The van der Waals surface area contributed by atoms with Crippen molar-refractivity contribution >= 4 is 18.1 Å². The van der Waals surface area contributed by atoms with E-state index in [0.29, 0.717) is 17.2 Å². The summed E-state index contributed by atoms with van der Waals surface area (Å²) in [6.07, 6.45) is -1.30. The molecule has 270 valence electrons. The van der Waals surface area contributed by atoms with Crippen molar-refractivity contribution in [2.75, 3.05) is 7.11 Å². The lowest BCUT2D eigenvalue weighted by Crippen LogP contribution is -2.20. The Kier molecular flexibility index (Phi) is 20.2. The van der Waals surface area contributed by atoms with E-state index in [1.807, 2.05) is 36.4 Å². The number of carbonyl (C=O) groups excluding carboxylic acids is 3. The number of rotatable bonds is 9. The summed E-state index contributed by atoms with van der Waals surface area (Å²) in [7, 11) is 1.25. The third-order valence-electron chi connectivity index (χ3n) is 7.62. The predicted molar refractivity (Wildman–Crippen MR) is 204 cm³/mol. The molecule has 7 nitrogen and oxygen atoms in total. The molecule has 0 heterocycles. The Morgan fingerprint density at radius 3 is 1.02 bits per heavy atom. The minimum Gasteiger partial charge on any atom is -0.437 e. The van der Waals surface area contributed by atoms with Gasteiger partial charge in [0, 0.05) is 10.8 Å². The Morgan fingerprint density at radius 1 is 0.469 bits per heavy atom. The first-order chi connectivity index (χ1) is 20.4. The largest absolute Gasteiger partial charge is 0.513 e. The summed E-state index contributed by atoms with van der Waals surface area (Å²) in [5.74, 6) is -0.353. The number of benzene rings is 4. The van der Waals surface area contributed by atoms with Gasteiger partial charge in [0.2, 0.25) is 0 Å². The fraction of sp³-hybridized carbons (Fsp3) is 0.357. The predicted octanol–water partition coefficient (Wildman–Crippen LogP) is 11.5. The molecule has 0 aromatic heterocycles. The molecule has 4 aromatic rings. The zero-order chi connectivity index (χ0) is 31.2. The topological polar surface area (TPSA) is 88.1 Å². The van der Waals surface area contributed by atoms with Crippen LogP contribution in [-0.4, -0.2) is 25.2 Å². The number of hydrogen-bond acceptors (Lipinski definition) is 7. The molecule has 0 aliphatic heterocycles. The van der Waals surface area contributed by atoms with Crippen LogP contribution in [0.3, 0.4) is 0 Å². The highest BCUT2D eigenvalue weighted by Crippen LogP contribution is 2.34. The maximum Gasteiger partial charge on any atom is 0.513 e. The SMILES string of the molecule is C.C.C.C.C.C.COC(=O)Oc1ccc(C(C)(C)c2ccc(OC(=O)CC(=O)Oc3ccc(C(C)(C)c4ccc(C)cc4)cc3)cc2)cc1. The van der Waals surface area contributed by atoms with Gasteiger partial charge in [0.15, 0.2) is 0 Å². The average molecular weight is 677 g/mol. The van der Waals surface area contributed by atoms with Gasteiger partial charge in [0.1, 0.15) is 23.7 Å². The highest BCUT2D eigenvalue weighted by Gasteiger charge is 2.25. The molecule has 4 rings (SSSR count). The first kappa shape index (κ1) is 48.5. The zero-order valence-corrected chi connectivity index (χ0v) is 25.3. The maximum absolute atomic E-state index is 12.4. The van der Waals surface area contributed by atoms with Crippen LogP contribution in [0.25, 0.3) is 0 Å². The van der Waals surface area contributed by atoms with Crippen LogP contribution in [0.5, 0.6) is 17.2 Å². The van der Waals surface area contributed by atoms with E-state index in [9.17, 15) is 14.4 Å². The second-order valence-electron chi connectivity index (χ2n) is 11.4. The quantitative estimate of drug-likeness (QED) is 0.0754. The molecule has 0 radical (unpaired) electrons. The average Bonchev–Trinajstić information content (AvgIpc) is 2.98. The van der Waals surface area contributed by atoms with Gasteiger partial charge in [-0.05, 0) is 65.6 Å². The van der Waals surface area contributed by atoms with Crippen LogP contribution in [0.15, 0.2) is 97.1 Å². The van der Waals surface area contributed by atoms with Crippen LogP contribution in [0.4, 0.5) is 4.79 Å². The van der Waals surface area contributed by atoms with E-state index >= 15 is 0 Å². The van der Waals surface area contributed by atoms with Gasteiger partial charge in [0.25, 0.3) is 0 Å². The van der Waals surface area contributed by atoms with Gasteiger partial charge in [-0.2, -0.15) is 0 Å². The highest BCUT2D eigenvalue weighted by atomic mass is 16.7. The van der Waals surface area contributed by atoms with Crippen molar-refractivity contribution in [2.45, 2.75) is 96.4 Å². The fourth-order valence-corrected chi connectivity index (χ4v) is 4.71. The molecule has 0 amide bonds. The highest BCUT2D eigenvalue weighted by molar-refractivity contribution is 5.93. The van der Waals surface area contributed by atoms with Crippen molar-refractivity contribution in [3.05, 3.63) is 125 Å². The molecule has 0 unspecified atom stereocenters. The molecule has 0 atom stereocenters. The van der Waals surface area contributed by atoms with Gasteiger partial charge >= 0.3 is 18.1 Å². The Balaban J connectivity index is -0.00000353. The fourth-order valence-electron chi connectivity index (χ4n) is 4.71. The molecular weight excluding hydrogens is 616 g/mol. The summed E-state index contributed by atoms with van der Waals surface area (Å²) < 4.78 is 20.3. The van der Waals surface area contributed by atoms with E-state index in [-0.39, 0.29) is 55.4 Å². The van der Waals surface area contributed by atoms with E-state index in [1.54, 1.807) is 36.4 Å². The van der Waals surface area contributed by atoms with Crippen LogP contribution in [0.1, 0.15) is 106 Å². The first-order valence-corrected chi connectivity index (χ1v) is 13.9. The standard InChI is InChI=1S/C36H36O7.6CH4/c1-24-7-9-25(10-8-24)35(2,3)26-11-17-29(18-12-26)41-32(37)23-33(38)42-30-19-13-27(14-20-30)36(4,5)28-15-21-31(22-16-28)43-34(39)40-6;;;;;;/h7-22H,23H2,1-6H3;6*1H4. The second kappa shape index (κ2) is 20.5. The van der Waals surface area contributed by atoms with Crippen LogP contribution in [0.2, 0.25) is 0 Å². The smallest absolute Gasteiger partial charge is 0.437 e. The molecule has 0 saturated heterocycles. The van der Waals surface area contributed by atoms with Crippen LogP contribution < -0.4 is 14.2 Å². The Bertz CT molecular complexity index is 1570. The molecule has 49 heavy (non-hydrogen) atoms. The minimum atomic E-state index is -0.780. The van der Waals surface area contributed by atoms with E-state index in [0.717, 1.165) is 16.7 Å². The molecule has 0 N–H and O–H groups in total. The van der Waals surface area contributed by atoms with E-state index in [1.165, 1.54) is 18.2 Å². The number of hydrogen-bond donors (Lipinski definition) is 0. The lowest BCUT2D eigenvalue weighted by Gasteiger charge is -2.26. The number of methoxy groups -OCH3 is 1. The first-order valence-electron chi connectivity index (χ1n) is 13.9. The van der Waals surface area contributed by atoms with E-state index < -0.39 is 24.5 Å². The van der Waals surface area contributed by atoms with Gasteiger partial charge in [0.05, 0.1) is 7.11 Å². The Morgan fingerprint density at radius 2 is 0.735 bits per heavy atom. The summed E-state index contributed by atoms with van der Waals surface area (Å²) >= 11 is 0. The van der Waals surface area contributed by atoms with Crippen molar-refractivity contribution in [3.63, 3.8) is 0 Å². The lowest BCUT2D eigenvalue weighted by atomic mass is 9.78. The van der Waals surface area contributed by atoms with Gasteiger partial charge in [-0.1, -0.05) is 138 Å². The third kappa shape index (κ3) is 12.2. The molecular formula is C42H60O7. The molecule has 0 aliphatic carbocycles. The molecule has 0 bridgehead atoms. The Hall–Kier alpha value is -4.91. The van der Waals surface area contributed by atoms with Crippen molar-refractivity contribution in [2.24, 2.45) is 0 Å². The molecule has 7 heteroatoms. The normalized spacial score (nSPS) is 10.0. The van der Waals surface area contributed by atoms with E-state index in [4.69, 9.17) is 14.2 Å². The van der Waals surface area contributed by atoms with Crippen LogP contribution >= 0.6 is 0 Å². The van der Waals surface area contributed by atoms with Gasteiger partial charge in [-0.25, -0.2) is 4.79 Å². The maximum atomic E-state index is 12.4.